The largest absolute Gasteiger partial charge is 0.377 e. The minimum atomic E-state index is 0.0625. The predicted octanol–water partition coefficient (Wildman–Crippen LogP) is 3.67. The molecule has 0 amide bonds. The highest BCUT2D eigenvalue weighted by Crippen LogP contribution is 2.32. The first-order chi connectivity index (χ1) is 8.13. The zero-order valence-electron chi connectivity index (χ0n) is 11.1. The summed E-state index contributed by atoms with van der Waals surface area (Å²) < 4.78 is 4.81. The van der Waals surface area contributed by atoms with E-state index in [1.807, 2.05) is 6.92 Å². The quantitative estimate of drug-likeness (QED) is 0.519. The average molecular weight is 236 g/mol. The molecular weight excluding hydrogens is 212 g/mol. The van der Waals surface area contributed by atoms with Crippen LogP contribution < -0.4 is 0 Å². The van der Waals surface area contributed by atoms with Crippen LogP contribution in [0, 0.1) is 5.92 Å². The van der Waals surface area contributed by atoms with E-state index in [1.165, 1.54) is 31.3 Å². The highest BCUT2D eigenvalue weighted by molar-refractivity contribution is 5.91. The van der Waals surface area contributed by atoms with Gasteiger partial charge in [0, 0.05) is 7.11 Å². The Labute approximate surface area is 105 Å². The van der Waals surface area contributed by atoms with Crippen LogP contribution in [-0.2, 0) is 9.53 Å². The molecule has 0 aromatic heterocycles. The molecule has 0 aromatic rings. The van der Waals surface area contributed by atoms with Crippen molar-refractivity contribution in [2.75, 3.05) is 13.7 Å². The number of carbonyl (C=O) groups is 1. The van der Waals surface area contributed by atoms with Gasteiger partial charge in [-0.1, -0.05) is 24.1 Å². The lowest BCUT2D eigenvalue weighted by Crippen LogP contribution is -2.09. The number of hydrogen-bond acceptors (Lipinski definition) is 2. The number of ketones is 1. The van der Waals surface area contributed by atoms with Gasteiger partial charge in [-0.2, -0.15) is 0 Å². The van der Waals surface area contributed by atoms with Crippen molar-refractivity contribution < 1.29 is 9.53 Å². The number of ether oxygens (including phenoxy) is 1. The molecule has 0 bridgehead atoms. The van der Waals surface area contributed by atoms with Gasteiger partial charge in [0.25, 0.3) is 0 Å². The number of carbonyl (C=O) groups excluding carboxylic acids is 1. The van der Waals surface area contributed by atoms with Crippen molar-refractivity contribution in [2.24, 2.45) is 5.92 Å². The van der Waals surface area contributed by atoms with E-state index in [1.54, 1.807) is 13.2 Å². The predicted molar refractivity (Wildman–Crippen MR) is 71.0 cm³/mol. The smallest absolute Gasteiger partial charge is 0.181 e. The summed E-state index contributed by atoms with van der Waals surface area (Å²) in [5.41, 5.74) is 2.57. The van der Waals surface area contributed by atoms with Gasteiger partial charge in [-0.25, -0.2) is 0 Å². The molecule has 1 rings (SSSR count). The van der Waals surface area contributed by atoms with E-state index in [0.717, 1.165) is 18.4 Å². The van der Waals surface area contributed by atoms with Crippen LogP contribution in [-0.4, -0.2) is 19.5 Å². The van der Waals surface area contributed by atoms with Gasteiger partial charge >= 0.3 is 0 Å². The second kappa shape index (κ2) is 7.44. The van der Waals surface area contributed by atoms with Crippen LogP contribution in [0.2, 0.25) is 0 Å². The summed E-state index contributed by atoms with van der Waals surface area (Å²) in [5, 5.41) is 0. The SMILES string of the molecule is C=C1CCCCC1CC/C(C)=C/C(=O)COC. The summed E-state index contributed by atoms with van der Waals surface area (Å²) >= 11 is 0. The van der Waals surface area contributed by atoms with Crippen molar-refractivity contribution in [1.29, 1.82) is 0 Å². The molecule has 0 spiro atoms. The molecule has 1 saturated carbocycles. The number of rotatable bonds is 6. The van der Waals surface area contributed by atoms with Crippen LogP contribution >= 0.6 is 0 Å². The molecule has 1 unspecified atom stereocenters. The van der Waals surface area contributed by atoms with Crippen molar-refractivity contribution in [3.05, 3.63) is 23.8 Å². The Morgan fingerprint density at radius 1 is 1.53 bits per heavy atom. The minimum Gasteiger partial charge on any atom is -0.377 e. The van der Waals surface area contributed by atoms with Crippen molar-refractivity contribution >= 4 is 5.78 Å². The Kier molecular flexibility index (Phi) is 6.20. The third-order valence-corrected chi connectivity index (χ3v) is 3.46. The van der Waals surface area contributed by atoms with Crippen LogP contribution in [0.5, 0.6) is 0 Å². The fourth-order valence-corrected chi connectivity index (χ4v) is 2.43. The monoisotopic (exact) mass is 236 g/mol. The maximum absolute atomic E-state index is 11.3. The van der Waals surface area contributed by atoms with Gasteiger partial charge in [0.1, 0.15) is 6.61 Å². The second-order valence-electron chi connectivity index (χ2n) is 5.03. The van der Waals surface area contributed by atoms with Crippen molar-refractivity contribution in [3.63, 3.8) is 0 Å². The Hall–Kier alpha value is -0.890. The third kappa shape index (κ3) is 5.31. The highest BCUT2D eigenvalue weighted by Gasteiger charge is 2.16. The van der Waals surface area contributed by atoms with Crippen molar-refractivity contribution in [3.8, 4) is 0 Å². The Morgan fingerprint density at radius 2 is 2.29 bits per heavy atom. The van der Waals surface area contributed by atoms with Crippen molar-refractivity contribution in [1.82, 2.24) is 0 Å². The number of allylic oxidation sites excluding steroid dienone is 2. The first-order valence-corrected chi connectivity index (χ1v) is 6.50. The van der Waals surface area contributed by atoms with E-state index < -0.39 is 0 Å². The first kappa shape index (κ1) is 14.2. The van der Waals surface area contributed by atoms with E-state index in [0.29, 0.717) is 5.92 Å². The normalized spacial score (nSPS) is 21.6. The third-order valence-electron chi connectivity index (χ3n) is 3.46. The molecule has 1 aliphatic carbocycles. The van der Waals surface area contributed by atoms with Crippen LogP contribution in [0.4, 0.5) is 0 Å². The lowest BCUT2D eigenvalue weighted by Gasteiger charge is -2.24. The van der Waals surface area contributed by atoms with E-state index >= 15 is 0 Å². The number of methoxy groups -OCH3 is 1. The zero-order chi connectivity index (χ0) is 12.7. The van der Waals surface area contributed by atoms with Gasteiger partial charge in [-0.05, 0) is 51.0 Å². The molecule has 1 fully saturated rings. The molecule has 0 saturated heterocycles. The maximum Gasteiger partial charge on any atom is 0.181 e. The Balaban J connectivity index is 2.33. The average Bonchev–Trinajstić information content (AvgIpc) is 2.28. The van der Waals surface area contributed by atoms with Crippen LogP contribution in [0.15, 0.2) is 23.8 Å². The lowest BCUT2D eigenvalue weighted by molar-refractivity contribution is -0.118. The van der Waals surface area contributed by atoms with Gasteiger partial charge in [-0.3, -0.25) is 4.79 Å². The molecule has 2 heteroatoms. The van der Waals surface area contributed by atoms with Crippen molar-refractivity contribution in [2.45, 2.75) is 45.4 Å². The summed E-state index contributed by atoms with van der Waals surface area (Å²) in [6.45, 7) is 6.37. The highest BCUT2D eigenvalue weighted by atomic mass is 16.5. The molecular formula is C15H24O2. The lowest BCUT2D eigenvalue weighted by atomic mass is 9.82. The molecule has 17 heavy (non-hydrogen) atoms. The fraction of sp³-hybridized carbons (Fsp3) is 0.667. The molecule has 2 nitrogen and oxygen atoms in total. The van der Waals surface area contributed by atoms with Crippen LogP contribution in [0.1, 0.15) is 45.4 Å². The molecule has 0 aliphatic heterocycles. The zero-order valence-corrected chi connectivity index (χ0v) is 11.1. The van der Waals surface area contributed by atoms with E-state index in [4.69, 9.17) is 4.74 Å². The molecule has 96 valence electrons. The molecule has 0 aromatic carbocycles. The summed E-state index contributed by atoms with van der Waals surface area (Å²) in [7, 11) is 1.55. The van der Waals surface area contributed by atoms with Crippen LogP contribution in [0.3, 0.4) is 0 Å². The van der Waals surface area contributed by atoms with E-state index in [2.05, 4.69) is 6.58 Å². The number of hydrogen-bond donors (Lipinski definition) is 0. The Bertz CT molecular complexity index is 302. The van der Waals surface area contributed by atoms with E-state index in [9.17, 15) is 4.79 Å². The summed E-state index contributed by atoms with van der Waals surface area (Å²) in [4.78, 5) is 11.3. The van der Waals surface area contributed by atoms with Gasteiger partial charge in [0.15, 0.2) is 5.78 Å². The van der Waals surface area contributed by atoms with E-state index in [-0.39, 0.29) is 12.4 Å². The Morgan fingerprint density at radius 3 is 2.94 bits per heavy atom. The fourth-order valence-electron chi connectivity index (χ4n) is 2.43. The molecule has 0 heterocycles. The summed E-state index contributed by atoms with van der Waals surface area (Å²) in [5.74, 6) is 0.733. The molecule has 0 N–H and O–H groups in total. The molecule has 0 radical (unpaired) electrons. The summed E-state index contributed by atoms with van der Waals surface area (Å²) in [6.07, 6.45) is 8.95. The second-order valence-corrected chi connectivity index (χ2v) is 5.03. The van der Waals surface area contributed by atoms with Gasteiger partial charge in [-0.15, -0.1) is 0 Å². The maximum atomic E-state index is 11.3. The van der Waals surface area contributed by atoms with Crippen LogP contribution in [0.25, 0.3) is 0 Å². The molecule has 1 aliphatic rings. The summed E-state index contributed by atoms with van der Waals surface area (Å²) in [6, 6.07) is 0. The minimum absolute atomic E-state index is 0.0625. The van der Waals surface area contributed by atoms with Gasteiger partial charge < -0.3 is 4.74 Å². The standard InChI is InChI=1S/C15H24O2/c1-12(10-15(16)11-17-3)8-9-14-7-5-4-6-13(14)2/h10,14H,2,4-9,11H2,1,3H3/b12-10+. The topological polar surface area (TPSA) is 26.3 Å². The first-order valence-electron chi connectivity index (χ1n) is 6.50. The molecule has 1 atom stereocenters. The van der Waals surface area contributed by atoms with Gasteiger partial charge in [0.2, 0.25) is 0 Å². The van der Waals surface area contributed by atoms with Gasteiger partial charge in [0.05, 0.1) is 0 Å².